The maximum atomic E-state index is 13.8. The number of hydrogen-bond acceptors (Lipinski definition) is 8. The fourth-order valence-electron chi connectivity index (χ4n) is 8.44. The molecule has 0 radical (unpaired) electrons. The quantitative estimate of drug-likeness (QED) is 0.237. The Morgan fingerprint density at radius 1 is 1.00 bits per heavy atom. The minimum atomic E-state index is -0.877. The molecule has 1 aromatic heterocycles. The minimum absolute atomic E-state index is 0.0406. The van der Waals surface area contributed by atoms with E-state index < -0.39 is 5.41 Å². The molecule has 52 heavy (non-hydrogen) atoms. The lowest BCUT2D eigenvalue weighted by Gasteiger charge is -2.38. The molecule has 2 heterocycles. The van der Waals surface area contributed by atoms with Gasteiger partial charge in [0.15, 0.2) is 5.82 Å². The van der Waals surface area contributed by atoms with E-state index in [1.807, 2.05) is 36.0 Å². The third kappa shape index (κ3) is 6.48. The lowest BCUT2D eigenvalue weighted by atomic mass is 9.67. The van der Waals surface area contributed by atoms with Crippen LogP contribution in [-0.2, 0) is 29.5 Å². The third-order valence-corrected chi connectivity index (χ3v) is 11.3. The van der Waals surface area contributed by atoms with Gasteiger partial charge in [0.2, 0.25) is 5.91 Å². The zero-order chi connectivity index (χ0) is 36.7. The standard InChI is InChI=1S/C41H47N9O2/c1-25-7-9-27(10-8-25)17-33(43-24-38(51)50-34(23-42)20-32-21-37(32)50)22-41(40-44-46-47-45-40)35-15-13-28(26(2)48(3)4)18-29(35)11-12-30-19-31(14-16-36(30)41)39(52)49(5)6/h7-10,13-16,18-19,32-34,37,43H,2,11-12,17,20-22,24H2,1,3-6H3,(H,44,45,46,47)/t32-,33+,34?,37+,41?/m1/s1. The second-order valence-electron chi connectivity index (χ2n) is 15.2. The maximum Gasteiger partial charge on any atom is 0.253 e. The van der Waals surface area contributed by atoms with Crippen molar-refractivity contribution < 1.29 is 9.59 Å². The first-order valence-corrected chi connectivity index (χ1v) is 18.1. The Hall–Kier alpha value is -5.34. The second kappa shape index (κ2) is 14.0. The number of fused-ring (bicyclic) bond motifs is 3. The molecule has 5 atom stereocenters. The van der Waals surface area contributed by atoms with Crippen LogP contribution >= 0.6 is 0 Å². The predicted octanol–water partition coefficient (Wildman–Crippen LogP) is 4.28. The monoisotopic (exact) mass is 697 g/mol. The second-order valence-corrected chi connectivity index (χ2v) is 15.2. The molecule has 0 bridgehead atoms. The van der Waals surface area contributed by atoms with Crippen LogP contribution in [0.4, 0.5) is 0 Å². The van der Waals surface area contributed by atoms with Gasteiger partial charge in [0, 0.05) is 51.5 Å². The molecule has 11 nitrogen and oxygen atoms in total. The van der Waals surface area contributed by atoms with Gasteiger partial charge in [0.1, 0.15) is 6.04 Å². The number of nitrogens with zero attached hydrogens (tertiary/aromatic N) is 7. The summed E-state index contributed by atoms with van der Waals surface area (Å²) in [5.74, 6) is 0.931. The van der Waals surface area contributed by atoms with E-state index in [0.29, 0.717) is 36.6 Å². The van der Waals surface area contributed by atoms with Gasteiger partial charge >= 0.3 is 0 Å². The van der Waals surface area contributed by atoms with E-state index in [2.05, 4.69) is 94.0 Å². The van der Waals surface area contributed by atoms with Crippen LogP contribution < -0.4 is 5.32 Å². The molecule has 1 aliphatic heterocycles. The number of hydrogen-bond donors (Lipinski definition) is 2. The van der Waals surface area contributed by atoms with Gasteiger partial charge < -0.3 is 20.0 Å². The molecule has 4 aromatic rings. The average Bonchev–Trinajstić information content (AvgIpc) is 3.51. The highest BCUT2D eigenvalue weighted by Crippen LogP contribution is 2.49. The van der Waals surface area contributed by atoms with E-state index >= 15 is 0 Å². The lowest BCUT2D eigenvalue weighted by molar-refractivity contribution is -0.131. The molecular weight excluding hydrogens is 651 g/mol. The number of nitriles is 1. The number of carbonyl (C=O) groups excluding carboxylic acids is 2. The van der Waals surface area contributed by atoms with E-state index in [-0.39, 0.29) is 36.5 Å². The molecule has 2 amide bonds. The van der Waals surface area contributed by atoms with E-state index in [1.165, 1.54) is 5.56 Å². The number of H-pyrrole nitrogens is 1. The van der Waals surface area contributed by atoms with Gasteiger partial charge in [-0.1, -0.05) is 54.6 Å². The summed E-state index contributed by atoms with van der Waals surface area (Å²) in [5.41, 5.74) is 8.27. The molecule has 3 aromatic carbocycles. The van der Waals surface area contributed by atoms with Gasteiger partial charge in [0.05, 0.1) is 18.0 Å². The molecule has 2 unspecified atom stereocenters. The molecule has 2 fully saturated rings. The zero-order valence-corrected chi connectivity index (χ0v) is 30.7. The number of nitrogens with one attached hydrogen (secondary N) is 2. The Bertz CT molecular complexity index is 1960. The molecule has 2 N–H and O–H groups in total. The number of amides is 2. The number of carbonyl (C=O) groups is 2. The van der Waals surface area contributed by atoms with Crippen molar-refractivity contribution in [1.29, 1.82) is 5.26 Å². The first kappa shape index (κ1) is 35.1. The number of aromatic nitrogens is 4. The van der Waals surface area contributed by atoms with Crippen molar-refractivity contribution in [2.45, 2.75) is 69.0 Å². The summed E-state index contributed by atoms with van der Waals surface area (Å²) >= 11 is 0. The number of tetrazole rings is 1. The smallest absolute Gasteiger partial charge is 0.253 e. The summed E-state index contributed by atoms with van der Waals surface area (Å²) in [7, 11) is 7.51. The molecule has 1 saturated carbocycles. The van der Waals surface area contributed by atoms with Crippen molar-refractivity contribution in [3.8, 4) is 6.07 Å². The van der Waals surface area contributed by atoms with E-state index in [0.717, 1.165) is 58.3 Å². The lowest BCUT2D eigenvalue weighted by Crippen LogP contribution is -2.48. The molecule has 11 heteroatoms. The van der Waals surface area contributed by atoms with Crippen LogP contribution in [0, 0.1) is 24.2 Å². The van der Waals surface area contributed by atoms with Gasteiger partial charge in [-0.3, -0.25) is 9.59 Å². The maximum absolute atomic E-state index is 13.8. The molecular formula is C41H47N9O2. The van der Waals surface area contributed by atoms with E-state index in [1.54, 1.807) is 19.0 Å². The number of likely N-dealkylation sites (tertiary alicyclic amines) is 1. The topological polar surface area (TPSA) is 134 Å². The first-order chi connectivity index (χ1) is 25.0. The fraction of sp³-hybridized carbons (Fsp3) is 0.415. The molecule has 3 aliphatic rings. The predicted molar refractivity (Wildman–Crippen MR) is 199 cm³/mol. The summed E-state index contributed by atoms with van der Waals surface area (Å²) in [4.78, 5) is 32.5. The van der Waals surface area contributed by atoms with Crippen LogP contribution in [0.25, 0.3) is 5.70 Å². The Labute approximate surface area is 305 Å². The highest BCUT2D eigenvalue weighted by atomic mass is 16.2. The van der Waals surface area contributed by atoms with Gasteiger partial charge in [-0.25, -0.2) is 5.10 Å². The van der Waals surface area contributed by atoms with Crippen molar-refractivity contribution in [3.63, 3.8) is 0 Å². The summed E-state index contributed by atoms with van der Waals surface area (Å²) in [5, 5.41) is 29.5. The fourth-order valence-corrected chi connectivity index (χ4v) is 8.44. The largest absolute Gasteiger partial charge is 0.378 e. The molecule has 7 rings (SSSR count). The summed E-state index contributed by atoms with van der Waals surface area (Å²) in [6.07, 6.45) is 4.33. The molecule has 0 spiro atoms. The van der Waals surface area contributed by atoms with Crippen LogP contribution in [-0.4, -0.2) is 100.0 Å². The van der Waals surface area contributed by atoms with Crippen LogP contribution in [0.15, 0.2) is 67.2 Å². The number of piperidine rings is 1. The average molecular weight is 698 g/mol. The Kier molecular flexibility index (Phi) is 9.44. The van der Waals surface area contributed by atoms with Gasteiger partial charge in [-0.15, -0.1) is 5.10 Å². The van der Waals surface area contributed by atoms with Crippen molar-refractivity contribution in [2.24, 2.45) is 5.92 Å². The molecule has 1 saturated heterocycles. The van der Waals surface area contributed by atoms with Crippen LogP contribution in [0.3, 0.4) is 0 Å². The van der Waals surface area contributed by atoms with Crippen molar-refractivity contribution in [2.75, 3.05) is 34.7 Å². The first-order valence-electron chi connectivity index (χ1n) is 18.1. The van der Waals surface area contributed by atoms with Gasteiger partial charge in [0.25, 0.3) is 5.91 Å². The number of aryl methyl sites for hydroxylation is 3. The van der Waals surface area contributed by atoms with Gasteiger partial charge in [-0.2, -0.15) is 5.26 Å². The number of rotatable bonds is 11. The van der Waals surface area contributed by atoms with Crippen molar-refractivity contribution in [1.82, 2.24) is 40.6 Å². The van der Waals surface area contributed by atoms with E-state index in [4.69, 9.17) is 0 Å². The van der Waals surface area contributed by atoms with Crippen molar-refractivity contribution >= 4 is 17.5 Å². The number of aromatic amines is 1. The normalized spacial score (nSPS) is 21.9. The Morgan fingerprint density at radius 2 is 1.67 bits per heavy atom. The van der Waals surface area contributed by atoms with Crippen LogP contribution in [0.1, 0.15) is 74.4 Å². The Balaban J connectivity index is 1.37. The summed E-state index contributed by atoms with van der Waals surface area (Å²) < 4.78 is 0. The van der Waals surface area contributed by atoms with Crippen LogP contribution in [0.5, 0.6) is 0 Å². The highest BCUT2D eigenvalue weighted by molar-refractivity contribution is 5.94. The third-order valence-electron chi connectivity index (χ3n) is 11.3. The van der Waals surface area contributed by atoms with Crippen LogP contribution in [0.2, 0.25) is 0 Å². The zero-order valence-electron chi connectivity index (χ0n) is 30.7. The highest BCUT2D eigenvalue weighted by Gasteiger charge is 2.54. The number of benzene rings is 3. The minimum Gasteiger partial charge on any atom is -0.378 e. The van der Waals surface area contributed by atoms with Gasteiger partial charge in [-0.05, 0) is 113 Å². The summed E-state index contributed by atoms with van der Waals surface area (Å²) in [6, 6.07) is 23.0. The Morgan fingerprint density at radius 3 is 2.29 bits per heavy atom. The van der Waals surface area contributed by atoms with Crippen molar-refractivity contribution in [3.05, 3.63) is 118 Å². The molecule has 2 aliphatic carbocycles. The summed E-state index contributed by atoms with van der Waals surface area (Å²) in [6.45, 7) is 6.53. The molecule has 268 valence electrons. The van der Waals surface area contributed by atoms with E-state index in [9.17, 15) is 14.9 Å². The SMILES string of the molecule is C=C(c1ccc2c(c1)CCc1cc(C(=O)N(C)C)ccc1C2(C[C@H](Cc1ccc(C)cc1)NCC(=O)N1C(C#N)C[C@@H]2C[C@@H]21)c1nnn[nH]1)N(C)C.